The molecule has 3 aromatic heterocycles. The second-order valence-electron chi connectivity index (χ2n) is 8.19. The molecular formula is C23H29N9O3. The summed E-state index contributed by atoms with van der Waals surface area (Å²) in [5.41, 5.74) is 9.49. The molecule has 0 amide bonds. The summed E-state index contributed by atoms with van der Waals surface area (Å²) in [6.45, 7) is 3.17. The molecule has 0 saturated carbocycles. The van der Waals surface area contributed by atoms with Crippen molar-refractivity contribution >= 4 is 28.8 Å². The van der Waals surface area contributed by atoms with Gasteiger partial charge in [0.25, 0.3) is 0 Å². The quantitative estimate of drug-likeness (QED) is 0.257. The fourth-order valence-electron chi connectivity index (χ4n) is 3.93. The molecule has 0 aliphatic carbocycles. The third-order valence-corrected chi connectivity index (χ3v) is 5.52. The van der Waals surface area contributed by atoms with Crippen molar-refractivity contribution in [1.29, 1.82) is 0 Å². The van der Waals surface area contributed by atoms with Crippen LogP contribution in [0.3, 0.4) is 0 Å². The third-order valence-electron chi connectivity index (χ3n) is 5.52. The maximum atomic E-state index is 10.9. The molecule has 184 valence electrons. The number of tetrazole rings is 1. The Labute approximate surface area is 202 Å². The van der Waals surface area contributed by atoms with Crippen LogP contribution < -0.4 is 15.8 Å². The molecule has 0 bridgehead atoms. The van der Waals surface area contributed by atoms with E-state index in [1.165, 1.54) is 0 Å². The molecule has 3 heterocycles. The van der Waals surface area contributed by atoms with Crippen LogP contribution in [0.2, 0.25) is 0 Å². The molecule has 0 saturated heterocycles. The number of nitrogens with zero attached hydrogens (tertiary/aromatic N) is 7. The van der Waals surface area contributed by atoms with Crippen molar-refractivity contribution in [3.05, 3.63) is 47.4 Å². The van der Waals surface area contributed by atoms with Gasteiger partial charge in [-0.2, -0.15) is 9.78 Å². The molecule has 0 aliphatic heterocycles. The van der Waals surface area contributed by atoms with Crippen LogP contribution in [0.25, 0.3) is 11.0 Å². The largest absolute Gasteiger partial charge is 0.496 e. The van der Waals surface area contributed by atoms with Gasteiger partial charge < -0.3 is 25.5 Å². The second-order valence-corrected chi connectivity index (χ2v) is 8.19. The van der Waals surface area contributed by atoms with Crippen molar-refractivity contribution in [3.8, 4) is 5.75 Å². The third kappa shape index (κ3) is 5.83. The first-order valence-electron chi connectivity index (χ1n) is 11.5. The summed E-state index contributed by atoms with van der Waals surface area (Å²) in [6, 6.07) is 7.77. The molecule has 12 heteroatoms. The summed E-state index contributed by atoms with van der Waals surface area (Å²) < 4.78 is 7.68. The number of nitrogens with two attached hydrogens (primary N) is 1. The summed E-state index contributed by atoms with van der Waals surface area (Å²) in [6.07, 6.45) is 5.69. The van der Waals surface area contributed by atoms with Gasteiger partial charge in [0.2, 0.25) is 5.95 Å². The molecular weight excluding hydrogens is 450 g/mol. The molecule has 1 aromatic carbocycles. The molecule has 0 aliphatic rings. The standard InChI is InChI=1S/C23H29N9O3/c1-3-4-5-9-25-22-21-17(26-23(24)27-22)8-10-31(21)13-16-11-15(6-7-18(16)35-2)12-19-28-30-32(29-19)14-20(33)34/h6-8,10-11H,3-5,9,12-14H2,1-2H3,(H,33,34)(H3,24,25,26,27). The van der Waals surface area contributed by atoms with Gasteiger partial charge in [-0.1, -0.05) is 25.8 Å². The summed E-state index contributed by atoms with van der Waals surface area (Å²) >= 11 is 0. The topological polar surface area (TPSA) is 159 Å². The molecule has 0 unspecified atom stereocenters. The maximum absolute atomic E-state index is 10.9. The van der Waals surface area contributed by atoms with E-state index in [1.54, 1.807) is 7.11 Å². The Morgan fingerprint density at radius 1 is 1.23 bits per heavy atom. The zero-order chi connectivity index (χ0) is 24.8. The number of carboxylic acids is 1. The molecule has 4 aromatic rings. The van der Waals surface area contributed by atoms with E-state index in [4.69, 9.17) is 15.6 Å². The molecule has 0 fully saturated rings. The van der Waals surface area contributed by atoms with Gasteiger partial charge in [0.1, 0.15) is 11.3 Å². The molecule has 4 rings (SSSR count). The van der Waals surface area contributed by atoms with Crippen LogP contribution in [-0.2, 0) is 24.3 Å². The van der Waals surface area contributed by atoms with Gasteiger partial charge in [-0.15, -0.1) is 10.2 Å². The van der Waals surface area contributed by atoms with E-state index in [2.05, 4.69) is 42.2 Å². The minimum absolute atomic E-state index is 0.233. The summed E-state index contributed by atoms with van der Waals surface area (Å²) in [5.74, 6) is 1.10. The SMILES string of the molecule is CCCCCNc1nc(N)nc2ccn(Cc3cc(Cc4nnn(CC(=O)O)n4)ccc3OC)c12. The predicted octanol–water partition coefficient (Wildman–Crippen LogP) is 2.33. The summed E-state index contributed by atoms with van der Waals surface area (Å²) in [7, 11) is 1.63. The van der Waals surface area contributed by atoms with E-state index >= 15 is 0 Å². The first-order valence-corrected chi connectivity index (χ1v) is 11.5. The van der Waals surface area contributed by atoms with E-state index in [9.17, 15) is 4.79 Å². The van der Waals surface area contributed by atoms with Gasteiger partial charge in [-0.05, 0) is 35.4 Å². The number of methoxy groups -OCH3 is 1. The molecule has 0 atom stereocenters. The van der Waals surface area contributed by atoms with Crippen LogP contribution >= 0.6 is 0 Å². The zero-order valence-electron chi connectivity index (χ0n) is 19.8. The summed E-state index contributed by atoms with van der Waals surface area (Å²) in [4.78, 5) is 20.8. The van der Waals surface area contributed by atoms with Gasteiger partial charge >= 0.3 is 5.97 Å². The number of nitrogen functional groups attached to an aromatic ring is 1. The van der Waals surface area contributed by atoms with E-state index in [0.717, 1.165) is 58.5 Å². The van der Waals surface area contributed by atoms with Crippen LogP contribution in [0.5, 0.6) is 5.75 Å². The Morgan fingerprint density at radius 2 is 2.09 bits per heavy atom. The Morgan fingerprint density at radius 3 is 2.86 bits per heavy atom. The monoisotopic (exact) mass is 479 g/mol. The number of rotatable bonds is 12. The van der Waals surface area contributed by atoms with Crippen LogP contribution in [-0.4, -0.2) is 59.5 Å². The molecule has 0 spiro atoms. The lowest BCUT2D eigenvalue weighted by Crippen LogP contribution is -2.11. The minimum atomic E-state index is -1.02. The second kappa shape index (κ2) is 10.8. The average Bonchev–Trinajstić information content (AvgIpc) is 3.43. The highest BCUT2D eigenvalue weighted by molar-refractivity contribution is 5.87. The number of aliphatic carboxylic acids is 1. The molecule has 0 radical (unpaired) electrons. The zero-order valence-corrected chi connectivity index (χ0v) is 19.8. The highest BCUT2D eigenvalue weighted by atomic mass is 16.5. The lowest BCUT2D eigenvalue weighted by Gasteiger charge is -2.14. The molecule has 35 heavy (non-hydrogen) atoms. The van der Waals surface area contributed by atoms with Crippen molar-refractivity contribution in [2.45, 2.75) is 45.7 Å². The lowest BCUT2D eigenvalue weighted by atomic mass is 10.1. The number of anilines is 2. The van der Waals surface area contributed by atoms with E-state index < -0.39 is 5.97 Å². The maximum Gasteiger partial charge on any atom is 0.327 e. The van der Waals surface area contributed by atoms with Crippen LogP contribution in [0.15, 0.2) is 30.5 Å². The fraction of sp³-hybridized carbons (Fsp3) is 0.391. The highest BCUT2D eigenvalue weighted by Gasteiger charge is 2.15. The van der Waals surface area contributed by atoms with Crippen molar-refractivity contribution < 1.29 is 14.6 Å². The Bertz CT molecular complexity index is 1320. The normalized spacial score (nSPS) is 11.1. The number of unbranched alkanes of at least 4 members (excludes halogenated alkanes) is 2. The van der Waals surface area contributed by atoms with E-state index in [-0.39, 0.29) is 12.5 Å². The number of benzene rings is 1. The van der Waals surface area contributed by atoms with Crippen molar-refractivity contribution in [3.63, 3.8) is 0 Å². The predicted molar refractivity (Wildman–Crippen MR) is 130 cm³/mol. The number of carbonyl (C=O) groups is 1. The van der Waals surface area contributed by atoms with Gasteiger partial charge in [-0.3, -0.25) is 4.79 Å². The van der Waals surface area contributed by atoms with Crippen molar-refractivity contribution in [2.24, 2.45) is 0 Å². The lowest BCUT2D eigenvalue weighted by molar-refractivity contribution is -0.138. The first-order chi connectivity index (χ1) is 17.0. The number of fused-ring (bicyclic) bond motifs is 1. The van der Waals surface area contributed by atoms with E-state index in [1.807, 2.05) is 30.5 Å². The fourth-order valence-corrected chi connectivity index (χ4v) is 3.93. The number of nitrogens with one attached hydrogen (secondary N) is 1. The number of hydrogen-bond donors (Lipinski definition) is 3. The first kappa shape index (κ1) is 23.9. The Balaban J connectivity index is 1.60. The van der Waals surface area contributed by atoms with Gasteiger partial charge in [0.15, 0.2) is 18.2 Å². The van der Waals surface area contributed by atoms with Gasteiger partial charge in [0, 0.05) is 24.7 Å². The number of ether oxygens (including phenoxy) is 1. The molecule has 12 nitrogen and oxygen atoms in total. The average molecular weight is 480 g/mol. The van der Waals surface area contributed by atoms with Crippen LogP contribution in [0, 0.1) is 0 Å². The number of carboxylic acid groups (broad SMARTS) is 1. The molecule has 4 N–H and O–H groups in total. The minimum Gasteiger partial charge on any atom is -0.496 e. The van der Waals surface area contributed by atoms with Crippen molar-refractivity contribution in [1.82, 2.24) is 34.7 Å². The van der Waals surface area contributed by atoms with Gasteiger partial charge in [0.05, 0.1) is 19.2 Å². The smallest absolute Gasteiger partial charge is 0.327 e. The van der Waals surface area contributed by atoms with Crippen molar-refractivity contribution in [2.75, 3.05) is 24.7 Å². The van der Waals surface area contributed by atoms with Gasteiger partial charge in [-0.25, -0.2) is 4.98 Å². The highest BCUT2D eigenvalue weighted by Crippen LogP contribution is 2.27. The number of hydrogen-bond acceptors (Lipinski definition) is 9. The summed E-state index contributed by atoms with van der Waals surface area (Å²) in [5, 5.41) is 24.2. The van der Waals surface area contributed by atoms with E-state index in [0.29, 0.717) is 24.6 Å². The van der Waals surface area contributed by atoms with Crippen LogP contribution in [0.4, 0.5) is 11.8 Å². The Hall–Kier alpha value is -4.22. The van der Waals surface area contributed by atoms with Crippen LogP contribution in [0.1, 0.15) is 43.1 Å². The number of aromatic nitrogens is 7. The Kier molecular flexibility index (Phi) is 7.38.